The predicted molar refractivity (Wildman–Crippen MR) is 75.3 cm³/mol. The summed E-state index contributed by atoms with van der Waals surface area (Å²) in [6.45, 7) is 7.38. The Kier molecular flexibility index (Phi) is 5.35. The third kappa shape index (κ3) is 4.15. The Bertz CT molecular complexity index is 373. The summed E-state index contributed by atoms with van der Waals surface area (Å²) in [5, 5.41) is 3.01. The molecule has 0 aromatic heterocycles. The Morgan fingerprint density at radius 1 is 1.33 bits per heavy atom. The number of carbonyl (C=O) groups excluding carboxylic acids is 1. The van der Waals surface area contributed by atoms with Crippen LogP contribution in [0.5, 0.6) is 0 Å². The molecule has 0 radical (unpaired) electrons. The van der Waals surface area contributed by atoms with E-state index in [1.54, 1.807) is 0 Å². The summed E-state index contributed by atoms with van der Waals surface area (Å²) in [7, 11) is 0. The lowest BCUT2D eigenvalue weighted by Crippen LogP contribution is -2.39. The molecule has 0 fully saturated rings. The van der Waals surface area contributed by atoms with E-state index in [0.717, 1.165) is 6.42 Å². The van der Waals surface area contributed by atoms with Gasteiger partial charge < -0.3 is 11.1 Å². The molecule has 0 saturated carbocycles. The van der Waals surface area contributed by atoms with Crippen molar-refractivity contribution in [1.29, 1.82) is 0 Å². The molecule has 1 amide bonds. The zero-order chi connectivity index (χ0) is 13.6. The highest BCUT2D eigenvalue weighted by atomic mass is 16.1. The second kappa shape index (κ2) is 6.55. The minimum absolute atomic E-state index is 0.0124. The van der Waals surface area contributed by atoms with Crippen molar-refractivity contribution in [2.24, 2.45) is 11.7 Å². The number of hydrogen-bond donors (Lipinski definition) is 2. The van der Waals surface area contributed by atoms with E-state index < -0.39 is 0 Å². The molecule has 1 rings (SSSR count). The van der Waals surface area contributed by atoms with Gasteiger partial charge in [-0.3, -0.25) is 4.79 Å². The van der Waals surface area contributed by atoms with E-state index in [1.165, 1.54) is 5.56 Å². The summed E-state index contributed by atoms with van der Waals surface area (Å²) in [6, 6.07) is 10.2. The number of benzene rings is 1. The number of rotatable bonds is 6. The highest BCUT2D eigenvalue weighted by Crippen LogP contribution is 2.21. The monoisotopic (exact) mass is 248 g/mol. The van der Waals surface area contributed by atoms with Gasteiger partial charge in [-0.15, -0.1) is 0 Å². The van der Waals surface area contributed by atoms with Gasteiger partial charge in [0.15, 0.2) is 0 Å². The van der Waals surface area contributed by atoms with Crippen LogP contribution in [0.3, 0.4) is 0 Å². The van der Waals surface area contributed by atoms with Crippen LogP contribution in [0, 0.1) is 5.92 Å². The fourth-order valence-corrected chi connectivity index (χ4v) is 1.85. The van der Waals surface area contributed by atoms with Gasteiger partial charge in [-0.05, 0) is 18.5 Å². The van der Waals surface area contributed by atoms with E-state index in [1.807, 2.05) is 25.1 Å². The smallest absolute Gasteiger partial charge is 0.222 e. The molecule has 0 heterocycles. The van der Waals surface area contributed by atoms with Gasteiger partial charge in [0, 0.05) is 17.9 Å². The van der Waals surface area contributed by atoms with Crippen molar-refractivity contribution in [2.75, 3.05) is 13.1 Å². The molecule has 0 aliphatic carbocycles. The highest BCUT2D eigenvalue weighted by Gasteiger charge is 2.22. The SMILES string of the molecule is CC(CCN)C(=O)NCC(C)(C)c1ccccc1. The molecule has 3 nitrogen and oxygen atoms in total. The third-order valence-corrected chi connectivity index (χ3v) is 3.31. The van der Waals surface area contributed by atoms with E-state index in [9.17, 15) is 4.79 Å². The molecule has 0 aliphatic rings. The zero-order valence-corrected chi connectivity index (χ0v) is 11.6. The molecular weight excluding hydrogens is 224 g/mol. The van der Waals surface area contributed by atoms with Gasteiger partial charge in [0.2, 0.25) is 5.91 Å². The van der Waals surface area contributed by atoms with Crippen LogP contribution in [0.1, 0.15) is 32.8 Å². The molecule has 3 heteroatoms. The highest BCUT2D eigenvalue weighted by molar-refractivity contribution is 5.78. The van der Waals surface area contributed by atoms with Gasteiger partial charge in [0.05, 0.1) is 0 Å². The summed E-state index contributed by atoms with van der Waals surface area (Å²) in [4.78, 5) is 11.8. The number of nitrogens with one attached hydrogen (secondary N) is 1. The van der Waals surface area contributed by atoms with E-state index >= 15 is 0 Å². The fraction of sp³-hybridized carbons (Fsp3) is 0.533. The molecule has 1 unspecified atom stereocenters. The molecule has 18 heavy (non-hydrogen) atoms. The average molecular weight is 248 g/mol. The Hall–Kier alpha value is -1.35. The molecule has 1 aromatic rings. The van der Waals surface area contributed by atoms with Gasteiger partial charge >= 0.3 is 0 Å². The summed E-state index contributed by atoms with van der Waals surface area (Å²) >= 11 is 0. The maximum atomic E-state index is 11.8. The Morgan fingerprint density at radius 3 is 2.50 bits per heavy atom. The van der Waals surface area contributed by atoms with Crippen molar-refractivity contribution < 1.29 is 4.79 Å². The van der Waals surface area contributed by atoms with Crippen LogP contribution < -0.4 is 11.1 Å². The van der Waals surface area contributed by atoms with Crippen molar-refractivity contribution in [2.45, 2.75) is 32.6 Å². The Labute approximate surface area is 110 Å². The third-order valence-electron chi connectivity index (χ3n) is 3.31. The standard InChI is InChI=1S/C15H24N2O/c1-12(9-10-16)14(18)17-11-15(2,3)13-7-5-4-6-8-13/h4-8,12H,9-11,16H2,1-3H3,(H,17,18). The van der Waals surface area contributed by atoms with Crippen LogP contribution in [-0.4, -0.2) is 19.0 Å². The lowest BCUT2D eigenvalue weighted by molar-refractivity contribution is -0.124. The molecule has 3 N–H and O–H groups in total. The van der Waals surface area contributed by atoms with E-state index in [2.05, 4.69) is 31.3 Å². The average Bonchev–Trinajstić information content (AvgIpc) is 2.37. The van der Waals surface area contributed by atoms with Crippen molar-refractivity contribution in [3.05, 3.63) is 35.9 Å². The van der Waals surface area contributed by atoms with E-state index in [0.29, 0.717) is 13.1 Å². The van der Waals surface area contributed by atoms with Crippen molar-refractivity contribution in [3.63, 3.8) is 0 Å². The van der Waals surface area contributed by atoms with Crippen molar-refractivity contribution in [3.8, 4) is 0 Å². The number of hydrogen-bond acceptors (Lipinski definition) is 2. The largest absolute Gasteiger partial charge is 0.355 e. The van der Waals surface area contributed by atoms with Crippen LogP contribution in [0.4, 0.5) is 0 Å². The maximum Gasteiger partial charge on any atom is 0.222 e. The molecule has 1 atom stereocenters. The van der Waals surface area contributed by atoms with Crippen LogP contribution in [0.25, 0.3) is 0 Å². The van der Waals surface area contributed by atoms with E-state index in [-0.39, 0.29) is 17.2 Å². The van der Waals surface area contributed by atoms with Gasteiger partial charge in [-0.25, -0.2) is 0 Å². The molecule has 0 saturated heterocycles. The number of carbonyl (C=O) groups is 1. The number of amides is 1. The molecule has 0 bridgehead atoms. The topological polar surface area (TPSA) is 55.1 Å². The molecule has 0 spiro atoms. The van der Waals surface area contributed by atoms with Crippen LogP contribution >= 0.6 is 0 Å². The van der Waals surface area contributed by atoms with Crippen molar-refractivity contribution in [1.82, 2.24) is 5.32 Å². The van der Waals surface area contributed by atoms with E-state index in [4.69, 9.17) is 5.73 Å². The van der Waals surface area contributed by atoms with Crippen molar-refractivity contribution >= 4 is 5.91 Å². The minimum Gasteiger partial charge on any atom is -0.355 e. The van der Waals surface area contributed by atoms with Gasteiger partial charge in [-0.2, -0.15) is 0 Å². The second-order valence-electron chi connectivity index (χ2n) is 5.45. The van der Waals surface area contributed by atoms with Gasteiger partial charge in [-0.1, -0.05) is 51.1 Å². The normalized spacial score (nSPS) is 13.1. The molecule has 0 aliphatic heterocycles. The van der Waals surface area contributed by atoms with Crippen LogP contribution in [0.15, 0.2) is 30.3 Å². The molecule has 1 aromatic carbocycles. The lowest BCUT2D eigenvalue weighted by Gasteiger charge is -2.26. The molecular formula is C15H24N2O. The minimum atomic E-state index is -0.0562. The van der Waals surface area contributed by atoms with Gasteiger partial charge in [0.1, 0.15) is 0 Å². The lowest BCUT2D eigenvalue weighted by atomic mass is 9.84. The first-order chi connectivity index (χ1) is 8.47. The number of nitrogens with two attached hydrogens (primary N) is 1. The quantitative estimate of drug-likeness (QED) is 0.809. The summed E-state index contributed by atoms with van der Waals surface area (Å²) in [5.41, 5.74) is 6.64. The summed E-state index contributed by atoms with van der Waals surface area (Å²) in [5.74, 6) is 0.0750. The summed E-state index contributed by atoms with van der Waals surface area (Å²) in [6.07, 6.45) is 0.734. The fourth-order valence-electron chi connectivity index (χ4n) is 1.85. The van der Waals surface area contributed by atoms with Crippen LogP contribution in [-0.2, 0) is 10.2 Å². The first-order valence-electron chi connectivity index (χ1n) is 6.50. The Morgan fingerprint density at radius 2 is 1.94 bits per heavy atom. The first-order valence-corrected chi connectivity index (χ1v) is 6.50. The Balaban J connectivity index is 2.55. The van der Waals surface area contributed by atoms with Crippen LogP contribution in [0.2, 0.25) is 0 Å². The first kappa shape index (κ1) is 14.7. The molecule has 100 valence electrons. The predicted octanol–water partition coefficient (Wildman–Crippen LogP) is 2.07. The summed E-state index contributed by atoms with van der Waals surface area (Å²) < 4.78 is 0. The van der Waals surface area contributed by atoms with Gasteiger partial charge in [0.25, 0.3) is 0 Å². The second-order valence-corrected chi connectivity index (χ2v) is 5.45. The maximum absolute atomic E-state index is 11.8. The zero-order valence-electron chi connectivity index (χ0n) is 11.6.